The molecule has 4 heteroatoms. The number of nitrogens with zero attached hydrogens (tertiary/aromatic N) is 2. The summed E-state index contributed by atoms with van der Waals surface area (Å²) in [6.07, 6.45) is 2.43. The molecule has 1 aromatic heterocycles. The third-order valence-electron chi connectivity index (χ3n) is 1.75. The predicted molar refractivity (Wildman–Crippen MR) is 51.6 cm³/mol. The van der Waals surface area contributed by atoms with Crippen LogP contribution < -0.4 is 5.32 Å². The molecule has 0 radical (unpaired) electrons. The van der Waals surface area contributed by atoms with Crippen molar-refractivity contribution in [1.82, 2.24) is 9.97 Å². The fourth-order valence-corrected chi connectivity index (χ4v) is 0.968. The van der Waals surface area contributed by atoms with Crippen LogP contribution in [0.5, 0.6) is 0 Å². The summed E-state index contributed by atoms with van der Waals surface area (Å²) in [7, 11) is 0. The highest BCUT2D eigenvalue weighted by Gasteiger charge is 2.01. The summed E-state index contributed by atoms with van der Waals surface area (Å²) < 4.78 is 0. The zero-order chi connectivity index (χ0) is 9.68. The van der Waals surface area contributed by atoms with Gasteiger partial charge in [-0.25, -0.2) is 9.97 Å². The first-order valence-corrected chi connectivity index (χ1v) is 4.44. The molecule has 0 spiro atoms. The van der Waals surface area contributed by atoms with Gasteiger partial charge in [-0.3, -0.25) is 0 Å². The van der Waals surface area contributed by atoms with Crippen molar-refractivity contribution in [3.8, 4) is 0 Å². The summed E-state index contributed by atoms with van der Waals surface area (Å²) in [5.41, 5.74) is 1.00. The van der Waals surface area contributed by atoms with Crippen molar-refractivity contribution in [2.75, 3.05) is 11.9 Å². The maximum Gasteiger partial charge on any atom is 0.129 e. The number of rotatable bonds is 4. The number of aryl methyl sites for hydroxylation is 1. The second kappa shape index (κ2) is 4.77. The van der Waals surface area contributed by atoms with E-state index in [1.807, 2.05) is 19.9 Å². The van der Waals surface area contributed by atoms with Gasteiger partial charge in [0.25, 0.3) is 0 Å². The van der Waals surface area contributed by atoms with Gasteiger partial charge in [-0.1, -0.05) is 6.92 Å². The minimum Gasteiger partial charge on any atom is -0.394 e. The summed E-state index contributed by atoms with van der Waals surface area (Å²) >= 11 is 0. The van der Waals surface area contributed by atoms with Crippen molar-refractivity contribution >= 4 is 5.82 Å². The zero-order valence-electron chi connectivity index (χ0n) is 7.99. The molecule has 1 aromatic rings. The molecule has 1 heterocycles. The van der Waals surface area contributed by atoms with Crippen LogP contribution in [0.3, 0.4) is 0 Å². The topological polar surface area (TPSA) is 58.0 Å². The van der Waals surface area contributed by atoms with E-state index in [0.29, 0.717) is 0 Å². The molecule has 4 nitrogen and oxygen atoms in total. The Balaban J connectivity index is 2.66. The zero-order valence-corrected chi connectivity index (χ0v) is 7.99. The molecular formula is C9H15N3O. The van der Waals surface area contributed by atoms with Gasteiger partial charge in [0, 0.05) is 17.8 Å². The molecule has 0 aromatic carbocycles. The van der Waals surface area contributed by atoms with Gasteiger partial charge in [-0.2, -0.15) is 0 Å². The quantitative estimate of drug-likeness (QED) is 0.722. The molecule has 0 saturated heterocycles. The Hall–Kier alpha value is -1.16. The van der Waals surface area contributed by atoms with E-state index in [0.717, 1.165) is 17.9 Å². The molecule has 1 rings (SSSR count). The number of aromatic nitrogens is 2. The Labute approximate surface area is 78.0 Å². The van der Waals surface area contributed by atoms with Gasteiger partial charge in [0.05, 0.1) is 6.61 Å². The highest BCUT2D eigenvalue weighted by molar-refractivity contribution is 5.35. The van der Waals surface area contributed by atoms with Gasteiger partial charge in [-0.05, 0) is 13.3 Å². The Kier molecular flexibility index (Phi) is 3.64. The molecule has 0 bridgehead atoms. The molecule has 0 aliphatic carbocycles. The van der Waals surface area contributed by atoms with Crippen LogP contribution in [0.2, 0.25) is 0 Å². The van der Waals surface area contributed by atoms with E-state index in [4.69, 9.17) is 5.11 Å². The van der Waals surface area contributed by atoms with E-state index in [2.05, 4.69) is 15.3 Å². The van der Waals surface area contributed by atoms with Gasteiger partial charge in [0.15, 0.2) is 0 Å². The molecule has 0 amide bonds. The fraction of sp³-hybridized carbons (Fsp3) is 0.556. The van der Waals surface area contributed by atoms with E-state index in [9.17, 15) is 0 Å². The normalized spacial score (nSPS) is 12.5. The molecule has 13 heavy (non-hydrogen) atoms. The molecule has 0 fully saturated rings. The average molecular weight is 181 g/mol. The molecule has 72 valence electrons. The Morgan fingerprint density at radius 2 is 2.31 bits per heavy atom. The van der Waals surface area contributed by atoms with Crippen LogP contribution >= 0.6 is 0 Å². The number of anilines is 1. The van der Waals surface area contributed by atoms with Crippen LogP contribution in [-0.2, 0) is 6.42 Å². The second-order valence-electron chi connectivity index (χ2n) is 2.98. The van der Waals surface area contributed by atoms with Gasteiger partial charge in [0.2, 0.25) is 0 Å². The molecular weight excluding hydrogens is 166 g/mol. The van der Waals surface area contributed by atoms with E-state index >= 15 is 0 Å². The predicted octanol–water partition coefficient (Wildman–Crippen LogP) is 0.832. The monoisotopic (exact) mass is 181 g/mol. The maximum atomic E-state index is 8.82. The lowest BCUT2D eigenvalue weighted by Crippen LogP contribution is -2.20. The Bertz CT molecular complexity index is 265. The lowest BCUT2D eigenvalue weighted by molar-refractivity contribution is 0.281. The number of hydrogen-bond donors (Lipinski definition) is 2. The third kappa shape index (κ3) is 2.99. The fourth-order valence-electron chi connectivity index (χ4n) is 0.968. The summed E-state index contributed by atoms with van der Waals surface area (Å²) in [5, 5.41) is 11.9. The lowest BCUT2D eigenvalue weighted by atomic mass is 10.3. The van der Waals surface area contributed by atoms with Crippen molar-refractivity contribution in [1.29, 1.82) is 0 Å². The van der Waals surface area contributed by atoms with Gasteiger partial charge in [0.1, 0.15) is 12.1 Å². The van der Waals surface area contributed by atoms with Crippen LogP contribution in [0.1, 0.15) is 19.5 Å². The summed E-state index contributed by atoms with van der Waals surface area (Å²) in [6, 6.07) is 1.92. The number of aliphatic hydroxyl groups is 1. The minimum atomic E-state index is 0.0274. The first-order chi connectivity index (χ1) is 6.26. The van der Waals surface area contributed by atoms with Gasteiger partial charge in [-0.15, -0.1) is 0 Å². The van der Waals surface area contributed by atoms with Crippen molar-refractivity contribution in [2.24, 2.45) is 0 Å². The highest BCUT2D eigenvalue weighted by atomic mass is 16.3. The first-order valence-electron chi connectivity index (χ1n) is 4.44. The molecule has 2 N–H and O–H groups in total. The van der Waals surface area contributed by atoms with Crippen LogP contribution in [-0.4, -0.2) is 27.7 Å². The van der Waals surface area contributed by atoms with E-state index in [1.54, 1.807) is 0 Å². The van der Waals surface area contributed by atoms with E-state index in [-0.39, 0.29) is 12.6 Å². The summed E-state index contributed by atoms with van der Waals surface area (Å²) in [5.74, 6) is 0.772. The van der Waals surface area contributed by atoms with Crippen LogP contribution in [0, 0.1) is 0 Å². The van der Waals surface area contributed by atoms with Crippen molar-refractivity contribution < 1.29 is 5.11 Å². The van der Waals surface area contributed by atoms with E-state index < -0.39 is 0 Å². The SMILES string of the molecule is CCc1cc(N[C@@H](C)CO)ncn1. The number of nitrogens with one attached hydrogen (secondary N) is 1. The smallest absolute Gasteiger partial charge is 0.129 e. The third-order valence-corrected chi connectivity index (χ3v) is 1.75. The summed E-state index contributed by atoms with van der Waals surface area (Å²) in [4.78, 5) is 8.12. The molecule has 0 aliphatic rings. The lowest BCUT2D eigenvalue weighted by Gasteiger charge is -2.11. The number of hydrogen-bond acceptors (Lipinski definition) is 4. The Morgan fingerprint density at radius 3 is 2.92 bits per heavy atom. The Morgan fingerprint density at radius 1 is 1.54 bits per heavy atom. The van der Waals surface area contributed by atoms with Crippen molar-refractivity contribution in [3.05, 3.63) is 18.1 Å². The largest absolute Gasteiger partial charge is 0.394 e. The minimum absolute atomic E-state index is 0.0274. The highest BCUT2D eigenvalue weighted by Crippen LogP contribution is 2.05. The van der Waals surface area contributed by atoms with E-state index in [1.165, 1.54) is 6.33 Å². The molecule has 0 aliphatic heterocycles. The van der Waals surface area contributed by atoms with Crippen LogP contribution in [0.25, 0.3) is 0 Å². The standard InChI is InChI=1S/C9H15N3O/c1-3-8-4-9(11-6-10-8)12-7(2)5-13/h4,6-7,13H,3,5H2,1-2H3,(H,10,11,12)/t7-/m0/s1. The van der Waals surface area contributed by atoms with Gasteiger partial charge < -0.3 is 10.4 Å². The average Bonchev–Trinajstić information content (AvgIpc) is 2.18. The van der Waals surface area contributed by atoms with Crippen molar-refractivity contribution in [3.63, 3.8) is 0 Å². The first kappa shape index (κ1) is 9.92. The maximum absolute atomic E-state index is 8.82. The molecule has 0 saturated carbocycles. The van der Waals surface area contributed by atoms with Crippen LogP contribution in [0.15, 0.2) is 12.4 Å². The number of aliphatic hydroxyl groups excluding tert-OH is 1. The second-order valence-corrected chi connectivity index (χ2v) is 2.98. The van der Waals surface area contributed by atoms with Gasteiger partial charge >= 0.3 is 0 Å². The molecule has 0 unspecified atom stereocenters. The van der Waals surface area contributed by atoms with Crippen molar-refractivity contribution in [2.45, 2.75) is 26.3 Å². The van der Waals surface area contributed by atoms with Crippen LogP contribution in [0.4, 0.5) is 5.82 Å². The molecule has 1 atom stereocenters. The summed E-state index contributed by atoms with van der Waals surface area (Å²) in [6.45, 7) is 4.04.